The van der Waals surface area contributed by atoms with Gasteiger partial charge in [-0.25, -0.2) is 0 Å². The second-order valence-corrected chi connectivity index (χ2v) is 15.6. The zero-order chi connectivity index (χ0) is 40.3. The van der Waals surface area contributed by atoms with Gasteiger partial charge in [0, 0.05) is 12.8 Å². The minimum Gasteiger partial charge on any atom is -0.481 e. The minimum atomic E-state index is -0.765. The van der Waals surface area contributed by atoms with Gasteiger partial charge in [0.2, 0.25) is 0 Å². The van der Waals surface area contributed by atoms with Crippen LogP contribution < -0.4 is 0 Å². The van der Waals surface area contributed by atoms with Gasteiger partial charge in [-0.15, -0.1) is 0 Å². The maximum Gasteiger partial charge on any atom is 0.317 e. The van der Waals surface area contributed by atoms with Gasteiger partial charge in [-0.05, 0) is 50.4 Å². The lowest BCUT2D eigenvalue weighted by molar-refractivity contribution is -0.155. The smallest absolute Gasteiger partial charge is 0.317 e. The van der Waals surface area contributed by atoms with Crippen molar-refractivity contribution in [2.45, 2.75) is 193 Å². The summed E-state index contributed by atoms with van der Waals surface area (Å²) in [4.78, 5) is 71.2. The fourth-order valence-electron chi connectivity index (χ4n) is 7.60. The first-order valence-corrected chi connectivity index (χ1v) is 21.5. The molecule has 2 fully saturated rings. The number of carboxylic acids is 2. The van der Waals surface area contributed by atoms with Crippen LogP contribution in [0.5, 0.6) is 0 Å². The highest BCUT2D eigenvalue weighted by molar-refractivity contribution is 5.95. The summed E-state index contributed by atoms with van der Waals surface area (Å²) in [5, 5.41) is 17.9. The van der Waals surface area contributed by atoms with Gasteiger partial charge in [0.15, 0.2) is 0 Å². The first-order valence-electron chi connectivity index (χ1n) is 21.5. The molecule has 0 spiro atoms. The summed E-state index contributed by atoms with van der Waals surface area (Å²) in [7, 11) is 0. The molecule has 0 saturated carbocycles. The predicted molar refractivity (Wildman–Crippen MR) is 210 cm³/mol. The molecule has 0 aromatic carbocycles. The third-order valence-corrected chi connectivity index (χ3v) is 10.9. The fraction of sp³-hybridized carbons (Fsp3) is 0.773. The number of rotatable bonds is 34. The number of aliphatic carboxylic acids is 2. The van der Waals surface area contributed by atoms with E-state index < -0.39 is 47.7 Å². The van der Waals surface area contributed by atoms with E-state index in [0.29, 0.717) is 12.8 Å². The minimum absolute atomic E-state index is 0.0839. The Bertz CT molecular complexity index is 1130. The molecule has 0 radical (unpaired) electrons. The second-order valence-electron chi connectivity index (χ2n) is 15.6. The Kier molecular flexibility index (Phi) is 25.2. The molecular weight excluding hydrogens is 704 g/mol. The monoisotopic (exact) mass is 774 g/mol. The number of cyclic esters (lactones) is 4. The van der Waals surface area contributed by atoms with Crippen molar-refractivity contribution < 1.29 is 53.2 Å². The summed E-state index contributed by atoms with van der Waals surface area (Å²) >= 11 is 0. The number of carbonyl (C=O) groups is 6. The molecule has 2 rings (SSSR count). The zero-order valence-corrected chi connectivity index (χ0v) is 33.7. The Labute approximate surface area is 329 Å². The van der Waals surface area contributed by atoms with Crippen molar-refractivity contribution >= 4 is 35.8 Å². The van der Waals surface area contributed by atoms with Gasteiger partial charge < -0.3 is 24.4 Å². The molecule has 6 atom stereocenters. The standard InChI is InChI=1S/C44H70O11/c1-3-5-15-21-33(37-31-41(49)54-43(37)51)27-29-35(23-17-11-7-9-13-19-25-39(45)46)53-36(24-18-12-8-10-14-20-26-40(47)48)30-28-34(22-16-6-4-2)38-32-42(50)55-44(38)52/h27-30,33-38H,3-26,31-32H2,1-2H3,(H,45,46)(H,47,48). The molecule has 55 heavy (non-hydrogen) atoms. The summed E-state index contributed by atoms with van der Waals surface area (Å²) in [6.07, 6.45) is 28.1. The Hall–Kier alpha value is -3.34. The number of hydrogen-bond donors (Lipinski definition) is 2. The van der Waals surface area contributed by atoms with Gasteiger partial charge in [-0.3, -0.25) is 28.8 Å². The van der Waals surface area contributed by atoms with Crippen molar-refractivity contribution in [2.75, 3.05) is 0 Å². The lowest BCUT2D eigenvalue weighted by Gasteiger charge is -2.24. The normalized spacial score (nSPS) is 19.6. The Morgan fingerprint density at radius 2 is 0.891 bits per heavy atom. The van der Waals surface area contributed by atoms with E-state index in [1.165, 1.54) is 0 Å². The predicted octanol–water partition coefficient (Wildman–Crippen LogP) is 9.84. The molecule has 6 unspecified atom stereocenters. The van der Waals surface area contributed by atoms with Gasteiger partial charge in [0.1, 0.15) is 0 Å². The van der Waals surface area contributed by atoms with Crippen molar-refractivity contribution in [3.8, 4) is 0 Å². The summed E-state index contributed by atoms with van der Waals surface area (Å²) in [6, 6.07) is 0. The van der Waals surface area contributed by atoms with Crippen LogP contribution in [-0.2, 0) is 43.0 Å². The van der Waals surface area contributed by atoms with E-state index in [4.69, 9.17) is 24.4 Å². The second kappa shape index (κ2) is 29.0. The van der Waals surface area contributed by atoms with Gasteiger partial charge >= 0.3 is 35.8 Å². The maximum atomic E-state index is 12.7. The average molecular weight is 775 g/mol. The summed E-state index contributed by atoms with van der Waals surface area (Å²) in [5.74, 6) is -4.70. The van der Waals surface area contributed by atoms with Crippen molar-refractivity contribution in [2.24, 2.45) is 23.7 Å². The molecule has 2 aliphatic rings. The third kappa shape index (κ3) is 21.5. The fourth-order valence-corrected chi connectivity index (χ4v) is 7.60. The van der Waals surface area contributed by atoms with Crippen molar-refractivity contribution in [3.63, 3.8) is 0 Å². The molecule has 2 heterocycles. The van der Waals surface area contributed by atoms with Crippen LogP contribution in [-0.4, -0.2) is 58.2 Å². The number of allylic oxidation sites excluding steroid dienone is 2. The SMILES string of the molecule is CCCCCC(C=CC(CCCCCCCCC(=O)O)OC(C=CC(CCCCC)C1CC(=O)OC1=O)CCCCCCCCC(=O)O)C1CC(=O)OC1=O. The number of carbonyl (C=O) groups excluding carboxylic acids is 4. The Morgan fingerprint density at radius 3 is 1.22 bits per heavy atom. The lowest BCUT2D eigenvalue weighted by Crippen LogP contribution is -2.23. The quantitative estimate of drug-likeness (QED) is 0.0276. The molecule has 0 bridgehead atoms. The lowest BCUT2D eigenvalue weighted by atomic mass is 9.85. The maximum absolute atomic E-state index is 12.7. The molecule has 0 amide bonds. The van der Waals surface area contributed by atoms with Gasteiger partial charge in [0.05, 0.1) is 36.9 Å². The zero-order valence-electron chi connectivity index (χ0n) is 33.7. The van der Waals surface area contributed by atoms with Crippen LogP contribution in [0.1, 0.15) is 181 Å². The van der Waals surface area contributed by atoms with E-state index in [9.17, 15) is 28.8 Å². The van der Waals surface area contributed by atoms with E-state index >= 15 is 0 Å². The summed E-state index contributed by atoms with van der Waals surface area (Å²) < 4.78 is 16.8. The van der Waals surface area contributed by atoms with Crippen LogP contribution in [0.4, 0.5) is 0 Å². The number of esters is 4. The van der Waals surface area contributed by atoms with Gasteiger partial charge in [-0.2, -0.15) is 0 Å². The third-order valence-electron chi connectivity index (χ3n) is 10.9. The molecule has 11 heteroatoms. The first kappa shape index (κ1) is 47.8. The van der Waals surface area contributed by atoms with Crippen LogP contribution in [0.25, 0.3) is 0 Å². The number of ether oxygens (including phenoxy) is 3. The van der Waals surface area contributed by atoms with Crippen LogP contribution in [0, 0.1) is 23.7 Å². The van der Waals surface area contributed by atoms with E-state index in [2.05, 4.69) is 38.2 Å². The highest BCUT2D eigenvalue weighted by Gasteiger charge is 2.39. The van der Waals surface area contributed by atoms with Crippen molar-refractivity contribution in [1.82, 2.24) is 0 Å². The molecule has 0 aromatic rings. The van der Waals surface area contributed by atoms with Crippen LogP contribution in [0.3, 0.4) is 0 Å². The molecule has 2 saturated heterocycles. The average Bonchev–Trinajstić information content (AvgIpc) is 3.66. The first-order chi connectivity index (χ1) is 26.5. The van der Waals surface area contributed by atoms with Crippen LogP contribution >= 0.6 is 0 Å². The van der Waals surface area contributed by atoms with E-state index in [1.807, 2.05) is 0 Å². The highest BCUT2D eigenvalue weighted by Crippen LogP contribution is 2.32. The topological polar surface area (TPSA) is 171 Å². The summed E-state index contributed by atoms with van der Waals surface area (Å²) in [5.41, 5.74) is 0. The Morgan fingerprint density at radius 1 is 0.545 bits per heavy atom. The van der Waals surface area contributed by atoms with Crippen molar-refractivity contribution in [1.29, 1.82) is 0 Å². The molecule has 11 nitrogen and oxygen atoms in total. The Balaban J connectivity index is 2.27. The van der Waals surface area contributed by atoms with E-state index in [-0.39, 0.29) is 49.7 Å². The van der Waals surface area contributed by atoms with Gasteiger partial charge in [0.25, 0.3) is 0 Å². The largest absolute Gasteiger partial charge is 0.481 e. The van der Waals surface area contributed by atoms with E-state index in [1.54, 1.807) is 0 Å². The van der Waals surface area contributed by atoms with Crippen molar-refractivity contribution in [3.05, 3.63) is 24.3 Å². The van der Waals surface area contributed by atoms with Crippen LogP contribution in [0.15, 0.2) is 24.3 Å². The molecule has 312 valence electrons. The van der Waals surface area contributed by atoms with Gasteiger partial charge in [-0.1, -0.05) is 141 Å². The highest BCUT2D eigenvalue weighted by atomic mass is 16.6. The molecular formula is C44H70O11. The molecule has 0 aliphatic carbocycles. The number of unbranched alkanes of at least 4 members (excludes halogenated alkanes) is 14. The van der Waals surface area contributed by atoms with E-state index in [0.717, 1.165) is 128 Å². The number of hydrogen-bond acceptors (Lipinski definition) is 9. The molecule has 0 aromatic heterocycles. The molecule has 2 N–H and O–H groups in total. The van der Waals surface area contributed by atoms with Crippen LogP contribution in [0.2, 0.25) is 0 Å². The molecule has 2 aliphatic heterocycles. The number of carboxylic acid groups (broad SMARTS) is 2. The summed E-state index contributed by atoms with van der Waals surface area (Å²) in [6.45, 7) is 4.26.